The summed E-state index contributed by atoms with van der Waals surface area (Å²) in [7, 11) is 1.65. The number of benzene rings is 1. The summed E-state index contributed by atoms with van der Waals surface area (Å²) in [4.78, 5) is 18.0. The fourth-order valence-electron chi connectivity index (χ4n) is 3.85. The van der Waals surface area contributed by atoms with Crippen LogP contribution in [-0.2, 0) is 17.8 Å². The van der Waals surface area contributed by atoms with Gasteiger partial charge in [0.05, 0.1) is 19.2 Å². The van der Waals surface area contributed by atoms with Gasteiger partial charge in [0.15, 0.2) is 5.82 Å². The molecule has 0 radical (unpaired) electrons. The Kier molecular flexibility index (Phi) is 8.27. The number of ether oxygens (including phenoxy) is 1. The van der Waals surface area contributed by atoms with Crippen molar-refractivity contribution in [3.05, 3.63) is 51.6 Å². The van der Waals surface area contributed by atoms with E-state index in [0.29, 0.717) is 38.2 Å². The van der Waals surface area contributed by atoms with Crippen LogP contribution in [0.5, 0.6) is 0 Å². The first kappa shape index (κ1) is 23.1. The lowest BCUT2D eigenvalue weighted by atomic mass is 10.1. The number of nitrogens with one attached hydrogen (secondary N) is 1. The van der Waals surface area contributed by atoms with Crippen molar-refractivity contribution in [3.8, 4) is 0 Å². The third-order valence-electron chi connectivity index (χ3n) is 5.42. The predicted molar refractivity (Wildman–Crippen MR) is 119 cm³/mol. The van der Waals surface area contributed by atoms with E-state index < -0.39 is 0 Å². The Labute approximate surface area is 182 Å². The Morgan fingerprint density at radius 2 is 2.16 bits per heavy atom. The molecule has 3 rings (SSSR count). The van der Waals surface area contributed by atoms with Crippen LogP contribution in [0.1, 0.15) is 49.2 Å². The number of aromatic amines is 1. The van der Waals surface area contributed by atoms with Gasteiger partial charge in [0, 0.05) is 37.9 Å². The number of tetrazole rings is 1. The van der Waals surface area contributed by atoms with E-state index in [9.17, 15) is 9.90 Å². The van der Waals surface area contributed by atoms with Gasteiger partial charge in [-0.15, -0.1) is 5.10 Å². The molecule has 168 valence electrons. The third-order valence-corrected chi connectivity index (χ3v) is 5.42. The molecule has 0 fully saturated rings. The molecule has 2 aromatic heterocycles. The number of rotatable bonds is 12. The first-order chi connectivity index (χ1) is 15.1. The Morgan fingerprint density at radius 3 is 2.90 bits per heavy atom. The molecule has 2 N–H and O–H groups in total. The van der Waals surface area contributed by atoms with E-state index in [1.54, 1.807) is 11.8 Å². The lowest BCUT2D eigenvalue weighted by Crippen LogP contribution is -2.34. The summed E-state index contributed by atoms with van der Waals surface area (Å²) in [6.45, 7) is 6.35. The zero-order valence-corrected chi connectivity index (χ0v) is 18.5. The molecule has 2 heterocycles. The number of aliphatic hydroxyl groups is 1. The standard InChI is InChI=1S/C22H32N6O3/c1-4-6-20(21-24-25-26-28(21)10-12-31-3)27(9-5-11-29)15-18-14-17-8-7-16(2)13-19(17)23-22(18)30/h7-8,13-14,20,29H,4-6,9-12,15H2,1-3H3,(H,23,30). The SMILES string of the molecule is CCCC(c1nnnn1CCOC)N(CCCO)Cc1cc2ccc(C)cc2[nH]c1=O. The van der Waals surface area contributed by atoms with E-state index in [1.165, 1.54) is 0 Å². The number of fused-ring (bicyclic) bond motifs is 1. The van der Waals surface area contributed by atoms with Gasteiger partial charge in [-0.25, -0.2) is 4.68 Å². The molecule has 3 aromatic rings. The molecule has 0 spiro atoms. The van der Waals surface area contributed by atoms with Crippen molar-refractivity contribution in [1.82, 2.24) is 30.1 Å². The van der Waals surface area contributed by atoms with Crippen LogP contribution in [0.3, 0.4) is 0 Å². The van der Waals surface area contributed by atoms with E-state index in [4.69, 9.17) is 4.74 Å². The maximum atomic E-state index is 12.8. The predicted octanol–water partition coefficient (Wildman–Crippen LogP) is 2.20. The Morgan fingerprint density at radius 1 is 1.32 bits per heavy atom. The van der Waals surface area contributed by atoms with E-state index in [-0.39, 0.29) is 18.2 Å². The third kappa shape index (κ3) is 5.75. The van der Waals surface area contributed by atoms with Crippen LogP contribution in [0.15, 0.2) is 29.1 Å². The Bertz CT molecular complexity index is 1030. The van der Waals surface area contributed by atoms with Crippen LogP contribution in [0.25, 0.3) is 10.9 Å². The number of pyridine rings is 1. The van der Waals surface area contributed by atoms with E-state index >= 15 is 0 Å². The van der Waals surface area contributed by atoms with E-state index in [2.05, 4.69) is 32.3 Å². The van der Waals surface area contributed by atoms with Crippen LogP contribution in [-0.4, -0.2) is 62.1 Å². The number of methoxy groups -OCH3 is 1. The lowest BCUT2D eigenvalue weighted by molar-refractivity contribution is 0.141. The van der Waals surface area contributed by atoms with Crippen molar-refractivity contribution in [2.75, 3.05) is 26.9 Å². The molecule has 31 heavy (non-hydrogen) atoms. The van der Waals surface area contributed by atoms with Gasteiger partial charge < -0.3 is 14.8 Å². The van der Waals surface area contributed by atoms with Gasteiger partial charge >= 0.3 is 0 Å². The highest BCUT2D eigenvalue weighted by Gasteiger charge is 2.26. The summed E-state index contributed by atoms with van der Waals surface area (Å²) in [6.07, 6.45) is 2.37. The highest BCUT2D eigenvalue weighted by molar-refractivity contribution is 5.79. The summed E-state index contributed by atoms with van der Waals surface area (Å²) in [5.74, 6) is 0.754. The topological polar surface area (TPSA) is 109 Å². The maximum Gasteiger partial charge on any atom is 0.252 e. The maximum absolute atomic E-state index is 12.8. The second-order valence-corrected chi connectivity index (χ2v) is 7.82. The second kappa shape index (κ2) is 11.1. The van der Waals surface area contributed by atoms with Gasteiger partial charge in [-0.3, -0.25) is 9.69 Å². The largest absolute Gasteiger partial charge is 0.396 e. The van der Waals surface area contributed by atoms with E-state index in [0.717, 1.165) is 35.1 Å². The number of H-pyrrole nitrogens is 1. The molecular weight excluding hydrogens is 396 g/mol. The van der Waals surface area contributed by atoms with Gasteiger partial charge in [-0.05, 0) is 53.3 Å². The molecule has 0 aliphatic rings. The summed E-state index contributed by atoms with van der Waals surface area (Å²) in [5, 5.41) is 22.8. The Hall–Kier alpha value is -2.62. The van der Waals surface area contributed by atoms with Gasteiger partial charge in [0.2, 0.25) is 0 Å². The number of hydrogen-bond donors (Lipinski definition) is 2. The van der Waals surface area contributed by atoms with Crippen LogP contribution in [0.2, 0.25) is 0 Å². The molecular formula is C22H32N6O3. The molecule has 0 bridgehead atoms. The minimum Gasteiger partial charge on any atom is -0.396 e. The van der Waals surface area contributed by atoms with Crippen LogP contribution in [0, 0.1) is 6.92 Å². The summed E-state index contributed by atoms with van der Waals surface area (Å²) in [5.41, 5.74) is 2.53. The smallest absolute Gasteiger partial charge is 0.252 e. The van der Waals surface area contributed by atoms with Crippen molar-refractivity contribution in [3.63, 3.8) is 0 Å². The molecule has 0 saturated heterocycles. The van der Waals surface area contributed by atoms with Crippen molar-refractivity contribution < 1.29 is 9.84 Å². The van der Waals surface area contributed by atoms with Crippen molar-refractivity contribution >= 4 is 10.9 Å². The minimum absolute atomic E-state index is 0.0727. The summed E-state index contributed by atoms with van der Waals surface area (Å²) < 4.78 is 6.95. The van der Waals surface area contributed by atoms with E-state index in [1.807, 2.05) is 31.2 Å². The fraction of sp³-hybridized carbons (Fsp3) is 0.545. The molecule has 9 nitrogen and oxygen atoms in total. The Balaban J connectivity index is 1.95. The van der Waals surface area contributed by atoms with Gasteiger partial charge in [-0.1, -0.05) is 25.5 Å². The molecule has 0 aliphatic heterocycles. The van der Waals surface area contributed by atoms with Crippen molar-refractivity contribution in [2.24, 2.45) is 0 Å². The second-order valence-electron chi connectivity index (χ2n) is 7.82. The van der Waals surface area contributed by atoms with Crippen molar-refractivity contribution in [1.29, 1.82) is 0 Å². The molecule has 1 unspecified atom stereocenters. The van der Waals surface area contributed by atoms with Crippen LogP contribution >= 0.6 is 0 Å². The minimum atomic E-state index is -0.0960. The first-order valence-electron chi connectivity index (χ1n) is 10.8. The number of nitrogens with zero attached hydrogens (tertiary/aromatic N) is 5. The number of aromatic nitrogens is 5. The number of aliphatic hydroxyl groups excluding tert-OH is 1. The lowest BCUT2D eigenvalue weighted by Gasteiger charge is -2.30. The monoisotopic (exact) mass is 428 g/mol. The average Bonchev–Trinajstić information content (AvgIpc) is 3.22. The van der Waals surface area contributed by atoms with Gasteiger partial charge in [0.25, 0.3) is 5.56 Å². The molecule has 0 aliphatic carbocycles. The zero-order valence-electron chi connectivity index (χ0n) is 18.5. The highest BCUT2D eigenvalue weighted by Crippen LogP contribution is 2.26. The normalized spacial score (nSPS) is 12.7. The molecule has 0 amide bonds. The van der Waals surface area contributed by atoms with Crippen LogP contribution < -0.4 is 5.56 Å². The van der Waals surface area contributed by atoms with Gasteiger partial charge in [-0.2, -0.15) is 0 Å². The highest BCUT2D eigenvalue weighted by atomic mass is 16.5. The molecule has 0 saturated carbocycles. The first-order valence-corrected chi connectivity index (χ1v) is 10.8. The van der Waals surface area contributed by atoms with Gasteiger partial charge in [0.1, 0.15) is 0 Å². The van der Waals surface area contributed by atoms with Crippen molar-refractivity contribution in [2.45, 2.75) is 52.2 Å². The molecule has 1 atom stereocenters. The molecule has 1 aromatic carbocycles. The zero-order chi connectivity index (χ0) is 22.2. The van der Waals surface area contributed by atoms with Crippen LogP contribution in [0.4, 0.5) is 0 Å². The summed E-state index contributed by atoms with van der Waals surface area (Å²) >= 11 is 0. The fourth-order valence-corrected chi connectivity index (χ4v) is 3.85. The summed E-state index contributed by atoms with van der Waals surface area (Å²) in [6, 6.07) is 7.93. The average molecular weight is 429 g/mol. The number of aryl methyl sites for hydroxylation is 1. The molecule has 9 heteroatoms. The number of hydrogen-bond acceptors (Lipinski definition) is 7. The quantitative estimate of drug-likeness (QED) is 0.455.